The molecule has 1 aromatic rings. The minimum absolute atomic E-state index is 0.0509. The average Bonchev–Trinajstić information content (AvgIpc) is 2.94. The Labute approximate surface area is 140 Å². The maximum absolute atomic E-state index is 12.0. The molecule has 124 valence electrons. The first-order valence-electron chi connectivity index (χ1n) is 7.10. The smallest absolute Gasteiger partial charge is 0.414 e. The zero-order valence-corrected chi connectivity index (χ0v) is 14.4. The third-order valence-corrected chi connectivity index (χ3v) is 5.77. The Balaban J connectivity index is 1.79. The van der Waals surface area contributed by atoms with E-state index in [-0.39, 0.29) is 11.9 Å². The lowest BCUT2D eigenvalue weighted by molar-refractivity contribution is 0.143. The quantitative estimate of drug-likeness (QED) is 0.822. The van der Waals surface area contributed by atoms with Gasteiger partial charge in [0.05, 0.1) is 29.5 Å². The molecule has 0 aliphatic carbocycles. The van der Waals surface area contributed by atoms with Crippen molar-refractivity contribution in [1.29, 1.82) is 0 Å². The molecule has 0 radical (unpaired) electrons. The number of hydrogen-bond donors (Lipinski definition) is 1. The van der Waals surface area contributed by atoms with E-state index in [1.165, 1.54) is 16.3 Å². The van der Waals surface area contributed by atoms with Gasteiger partial charge in [-0.3, -0.25) is 9.21 Å². The zero-order valence-electron chi connectivity index (χ0n) is 12.8. The molecule has 0 saturated carbocycles. The van der Waals surface area contributed by atoms with Crippen molar-refractivity contribution in [3.8, 4) is 0 Å². The number of ether oxygens (including phenoxy) is 1. The van der Waals surface area contributed by atoms with Gasteiger partial charge < -0.3 is 10.1 Å². The maximum atomic E-state index is 12.0. The Kier molecular flexibility index (Phi) is 3.93. The van der Waals surface area contributed by atoms with E-state index in [0.717, 1.165) is 0 Å². The van der Waals surface area contributed by atoms with E-state index in [1.54, 1.807) is 25.1 Å². The fourth-order valence-electron chi connectivity index (χ4n) is 2.70. The van der Waals surface area contributed by atoms with E-state index in [2.05, 4.69) is 5.32 Å². The molecule has 1 amide bonds. The number of nitrogens with zero attached hydrogens (tertiary/aromatic N) is 2. The molecule has 0 bridgehead atoms. The van der Waals surface area contributed by atoms with Crippen LogP contribution < -0.4 is 14.5 Å². The van der Waals surface area contributed by atoms with E-state index in [4.69, 9.17) is 17.0 Å². The van der Waals surface area contributed by atoms with Gasteiger partial charge in [-0.25, -0.2) is 13.2 Å². The van der Waals surface area contributed by atoms with Crippen molar-refractivity contribution in [3.05, 3.63) is 23.8 Å². The van der Waals surface area contributed by atoms with E-state index in [9.17, 15) is 13.2 Å². The summed E-state index contributed by atoms with van der Waals surface area (Å²) < 4.78 is 30.4. The average molecular weight is 355 g/mol. The Bertz CT molecular complexity index is 778. The molecule has 23 heavy (non-hydrogen) atoms. The van der Waals surface area contributed by atoms with Crippen LogP contribution in [0.15, 0.2) is 18.2 Å². The number of benzene rings is 1. The largest absolute Gasteiger partial charge is 0.442 e. The van der Waals surface area contributed by atoms with Crippen molar-refractivity contribution in [2.45, 2.75) is 18.8 Å². The lowest BCUT2D eigenvalue weighted by Crippen LogP contribution is -2.32. The molecule has 2 aliphatic heterocycles. The monoisotopic (exact) mass is 355 g/mol. The predicted octanol–water partition coefficient (Wildman–Crippen LogP) is 1.23. The second-order valence-electron chi connectivity index (χ2n) is 5.59. The van der Waals surface area contributed by atoms with E-state index in [0.29, 0.717) is 35.0 Å². The minimum atomic E-state index is -3.29. The molecule has 1 fully saturated rings. The SMILES string of the molecule is CC(=S)NC[C@H]1CN(c2ccc3c(c2)CS(=O)(=O)N3C)C(=O)O1. The molecular formula is C14H17N3O4S2. The molecular weight excluding hydrogens is 338 g/mol. The zero-order chi connectivity index (χ0) is 16.8. The third kappa shape index (κ3) is 2.98. The van der Waals surface area contributed by atoms with Crippen LogP contribution in [0.2, 0.25) is 0 Å². The van der Waals surface area contributed by atoms with Crippen molar-refractivity contribution in [2.75, 3.05) is 29.3 Å². The normalized spacial score (nSPS) is 22.0. The number of anilines is 2. The third-order valence-electron chi connectivity index (χ3n) is 3.92. The van der Waals surface area contributed by atoms with Crippen LogP contribution in [-0.4, -0.2) is 45.7 Å². The van der Waals surface area contributed by atoms with Crippen LogP contribution in [0.5, 0.6) is 0 Å². The molecule has 0 aromatic heterocycles. The summed E-state index contributed by atoms with van der Waals surface area (Å²) in [5, 5.41) is 2.98. The molecule has 0 unspecified atom stereocenters. The molecule has 3 rings (SSSR count). The summed E-state index contributed by atoms with van der Waals surface area (Å²) in [6.45, 7) is 2.62. The Morgan fingerprint density at radius 3 is 2.91 bits per heavy atom. The summed E-state index contributed by atoms with van der Waals surface area (Å²) in [7, 11) is -1.76. The first kappa shape index (κ1) is 16.0. The number of carbonyl (C=O) groups is 1. The summed E-state index contributed by atoms with van der Waals surface area (Å²) in [4.78, 5) is 14.2. The minimum Gasteiger partial charge on any atom is -0.442 e. The predicted molar refractivity (Wildman–Crippen MR) is 91.4 cm³/mol. The second kappa shape index (κ2) is 5.64. The molecule has 0 spiro atoms. The fourth-order valence-corrected chi connectivity index (χ4v) is 4.08. The van der Waals surface area contributed by atoms with Gasteiger partial charge in [0.15, 0.2) is 0 Å². The van der Waals surface area contributed by atoms with E-state index >= 15 is 0 Å². The van der Waals surface area contributed by atoms with Gasteiger partial charge in [-0.05, 0) is 30.7 Å². The van der Waals surface area contributed by atoms with E-state index in [1.807, 2.05) is 0 Å². The molecule has 1 atom stereocenters. The molecule has 9 heteroatoms. The van der Waals surface area contributed by atoms with Gasteiger partial charge in [0.1, 0.15) is 6.10 Å². The van der Waals surface area contributed by atoms with Gasteiger partial charge in [0.2, 0.25) is 10.0 Å². The number of fused-ring (bicyclic) bond motifs is 1. The first-order chi connectivity index (χ1) is 10.8. The maximum Gasteiger partial charge on any atom is 0.414 e. The lowest BCUT2D eigenvalue weighted by atomic mass is 10.1. The number of amides is 1. The molecule has 2 heterocycles. The second-order valence-corrected chi connectivity index (χ2v) is 8.20. The number of thiocarbonyl (C=S) groups is 1. The Morgan fingerprint density at radius 1 is 1.48 bits per heavy atom. The molecule has 1 saturated heterocycles. The van der Waals surface area contributed by atoms with Crippen molar-refractivity contribution in [2.24, 2.45) is 0 Å². The number of carbonyl (C=O) groups excluding carboxylic acids is 1. The molecule has 7 nitrogen and oxygen atoms in total. The molecule has 1 N–H and O–H groups in total. The Morgan fingerprint density at radius 2 is 2.22 bits per heavy atom. The summed E-state index contributed by atoms with van der Waals surface area (Å²) in [5.74, 6) is -0.0509. The lowest BCUT2D eigenvalue weighted by Gasteiger charge is -2.15. The topological polar surface area (TPSA) is 79.0 Å². The highest BCUT2D eigenvalue weighted by atomic mass is 32.2. The number of nitrogens with one attached hydrogen (secondary N) is 1. The first-order valence-corrected chi connectivity index (χ1v) is 9.12. The highest BCUT2D eigenvalue weighted by Gasteiger charge is 2.35. The summed E-state index contributed by atoms with van der Waals surface area (Å²) >= 11 is 4.94. The summed E-state index contributed by atoms with van der Waals surface area (Å²) in [6.07, 6.45) is -0.729. The van der Waals surface area contributed by atoms with Crippen LogP contribution in [0.3, 0.4) is 0 Å². The van der Waals surface area contributed by atoms with Gasteiger partial charge in [-0.1, -0.05) is 12.2 Å². The van der Waals surface area contributed by atoms with Gasteiger partial charge in [0.25, 0.3) is 0 Å². The summed E-state index contributed by atoms with van der Waals surface area (Å²) in [5.41, 5.74) is 1.98. The number of hydrogen-bond acceptors (Lipinski definition) is 5. The van der Waals surface area contributed by atoms with Gasteiger partial charge in [0, 0.05) is 12.7 Å². The van der Waals surface area contributed by atoms with Crippen molar-refractivity contribution < 1.29 is 17.9 Å². The van der Waals surface area contributed by atoms with Crippen LogP contribution in [0, 0.1) is 0 Å². The van der Waals surface area contributed by atoms with Crippen LogP contribution in [0.4, 0.5) is 16.2 Å². The number of rotatable bonds is 3. The van der Waals surface area contributed by atoms with Gasteiger partial charge in [-0.2, -0.15) is 0 Å². The number of sulfonamides is 1. The van der Waals surface area contributed by atoms with E-state index < -0.39 is 16.1 Å². The van der Waals surface area contributed by atoms with Crippen molar-refractivity contribution >= 4 is 44.7 Å². The van der Waals surface area contributed by atoms with Crippen LogP contribution in [0.25, 0.3) is 0 Å². The summed E-state index contributed by atoms with van der Waals surface area (Å²) in [6, 6.07) is 5.19. The number of cyclic esters (lactones) is 1. The fraction of sp³-hybridized carbons (Fsp3) is 0.429. The van der Waals surface area contributed by atoms with Crippen molar-refractivity contribution in [1.82, 2.24) is 5.32 Å². The van der Waals surface area contributed by atoms with Crippen LogP contribution in [0.1, 0.15) is 12.5 Å². The Hall–Kier alpha value is -1.87. The standard InChI is InChI=1S/C14H17N3O4S2/c1-9(22)15-6-12-7-17(14(18)21-12)11-3-4-13-10(5-11)8-23(19,20)16(13)2/h3-5,12H,6-8H2,1-2H3,(H,15,22)/t12-/m0/s1. The molecule has 2 aliphatic rings. The van der Waals surface area contributed by atoms with Crippen LogP contribution >= 0.6 is 12.2 Å². The van der Waals surface area contributed by atoms with Crippen LogP contribution in [-0.2, 0) is 20.5 Å². The van der Waals surface area contributed by atoms with Gasteiger partial charge >= 0.3 is 6.09 Å². The highest BCUT2D eigenvalue weighted by Crippen LogP contribution is 2.35. The van der Waals surface area contributed by atoms with Crippen molar-refractivity contribution in [3.63, 3.8) is 0 Å². The molecule has 1 aromatic carbocycles. The van der Waals surface area contributed by atoms with Gasteiger partial charge in [-0.15, -0.1) is 0 Å². The highest BCUT2D eigenvalue weighted by molar-refractivity contribution is 7.92.